The number of hydrogen-bond acceptors (Lipinski definition) is 6. The lowest BCUT2D eigenvalue weighted by molar-refractivity contribution is -0.114. The van der Waals surface area contributed by atoms with E-state index in [1.54, 1.807) is 24.7 Å². The van der Waals surface area contributed by atoms with Gasteiger partial charge < -0.3 is 10.5 Å². The standard InChI is InChI=1S/C23H19N5O2/c1-13(29)18-14(2)30-23-20(19(18)15-8-4-3-5-9-15)22-26-21(27-28(22)12-25-23)16-10-6-7-11-17(16)24/h3-12,19H,24H2,1-2H3. The van der Waals surface area contributed by atoms with Crippen LogP contribution in [0.1, 0.15) is 30.9 Å². The van der Waals surface area contributed by atoms with Crippen LogP contribution in [0.2, 0.25) is 0 Å². The smallest absolute Gasteiger partial charge is 0.228 e. The number of ether oxygens (including phenoxy) is 1. The van der Waals surface area contributed by atoms with Crippen molar-refractivity contribution in [1.82, 2.24) is 19.6 Å². The minimum atomic E-state index is -0.353. The van der Waals surface area contributed by atoms with Gasteiger partial charge in [0.2, 0.25) is 5.88 Å². The molecule has 2 aromatic carbocycles. The molecule has 7 nitrogen and oxygen atoms in total. The van der Waals surface area contributed by atoms with Crippen LogP contribution in [0.4, 0.5) is 5.69 Å². The average Bonchev–Trinajstić information content (AvgIpc) is 3.17. The van der Waals surface area contributed by atoms with Gasteiger partial charge in [-0.3, -0.25) is 4.79 Å². The Morgan fingerprint density at radius 2 is 1.83 bits per heavy atom. The predicted molar refractivity (Wildman–Crippen MR) is 113 cm³/mol. The highest BCUT2D eigenvalue weighted by molar-refractivity contribution is 5.97. The third-order valence-electron chi connectivity index (χ3n) is 5.31. The third kappa shape index (κ3) is 2.75. The molecule has 1 unspecified atom stereocenters. The monoisotopic (exact) mass is 397 g/mol. The topological polar surface area (TPSA) is 95.4 Å². The molecule has 0 amide bonds. The lowest BCUT2D eigenvalue weighted by atomic mass is 9.82. The largest absolute Gasteiger partial charge is 0.443 e. The summed E-state index contributed by atoms with van der Waals surface area (Å²) in [5.41, 5.74) is 10.3. The maximum atomic E-state index is 12.6. The number of ketones is 1. The number of allylic oxidation sites excluding steroid dienone is 2. The van der Waals surface area contributed by atoms with E-state index in [9.17, 15) is 4.79 Å². The van der Waals surface area contributed by atoms with Gasteiger partial charge in [0, 0.05) is 22.7 Å². The van der Waals surface area contributed by atoms with Crippen molar-refractivity contribution in [1.29, 1.82) is 0 Å². The van der Waals surface area contributed by atoms with Crippen molar-refractivity contribution in [3.63, 3.8) is 0 Å². The third-order valence-corrected chi connectivity index (χ3v) is 5.31. The van der Waals surface area contributed by atoms with E-state index >= 15 is 0 Å². The highest BCUT2D eigenvalue weighted by atomic mass is 16.5. The number of fused-ring (bicyclic) bond motifs is 3. The lowest BCUT2D eigenvalue weighted by Gasteiger charge is -2.28. The number of Topliss-reactive ketones (excluding diaryl/α,β-unsaturated/α-hetero) is 1. The Bertz CT molecular complexity index is 1320. The molecular formula is C23H19N5O2. The van der Waals surface area contributed by atoms with E-state index in [1.807, 2.05) is 54.6 Å². The van der Waals surface area contributed by atoms with E-state index < -0.39 is 0 Å². The van der Waals surface area contributed by atoms with Crippen LogP contribution in [0.25, 0.3) is 17.0 Å². The molecule has 2 aromatic heterocycles. The number of aromatic nitrogens is 4. The van der Waals surface area contributed by atoms with Gasteiger partial charge in [-0.25, -0.2) is 14.5 Å². The number of nitrogen functional groups attached to an aromatic ring is 1. The van der Waals surface area contributed by atoms with Gasteiger partial charge in [-0.05, 0) is 31.5 Å². The van der Waals surface area contributed by atoms with Crippen molar-refractivity contribution < 1.29 is 9.53 Å². The van der Waals surface area contributed by atoms with Crippen LogP contribution < -0.4 is 10.5 Å². The Kier molecular flexibility index (Phi) is 4.10. The number of para-hydroxylation sites is 1. The summed E-state index contributed by atoms with van der Waals surface area (Å²) in [4.78, 5) is 21.8. The fourth-order valence-electron chi connectivity index (χ4n) is 3.99. The van der Waals surface area contributed by atoms with E-state index in [0.717, 1.165) is 11.1 Å². The van der Waals surface area contributed by atoms with E-state index in [0.29, 0.717) is 39.9 Å². The summed E-state index contributed by atoms with van der Waals surface area (Å²) in [5, 5.41) is 4.58. The molecule has 0 radical (unpaired) electrons. The highest BCUT2D eigenvalue weighted by Crippen LogP contribution is 2.44. The van der Waals surface area contributed by atoms with Gasteiger partial charge in [-0.2, -0.15) is 0 Å². The van der Waals surface area contributed by atoms with Crippen LogP contribution in [0.15, 0.2) is 72.3 Å². The Morgan fingerprint density at radius 3 is 2.57 bits per heavy atom. The first-order valence-corrected chi connectivity index (χ1v) is 9.59. The normalized spacial score (nSPS) is 15.7. The second-order valence-corrected chi connectivity index (χ2v) is 7.23. The number of anilines is 1. The molecule has 0 saturated heterocycles. The molecule has 3 heterocycles. The molecular weight excluding hydrogens is 378 g/mol. The maximum absolute atomic E-state index is 12.6. The van der Waals surface area contributed by atoms with Crippen molar-refractivity contribution in [2.45, 2.75) is 19.8 Å². The number of carbonyl (C=O) groups is 1. The molecule has 4 aromatic rings. The van der Waals surface area contributed by atoms with E-state index in [-0.39, 0.29) is 11.7 Å². The van der Waals surface area contributed by atoms with Gasteiger partial charge in [0.15, 0.2) is 17.3 Å². The number of benzene rings is 2. The van der Waals surface area contributed by atoms with Crippen LogP contribution in [0, 0.1) is 0 Å². The number of nitrogens with zero attached hydrogens (tertiary/aromatic N) is 4. The van der Waals surface area contributed by atoms with E-state index in [1.165, 1.54) is 0 Å². The minimum Gasteiger partial charge on any atom is -0.443 e. The average molecular weight is 397 g/mol. The summed E-state index contributed by atoms with van der Waals surface area (Å²) in [6, 6.07) is 17.3. The quantitative estimate of drug-likeness (QED) is 0.529. The fourth-order valence-corrected chi connectivity index (χ4v) is 3.99. The second-order valence-electron chi connectivity index (χ2n) is 7.23. The van der Waals surface area contributed by atoms with E-state index in [2.05, 4.69) is 10.1 Å². The molecule has 30 heavy (non-hydrogen) atoms. The van der Waals surface area contributed by atoms with Gasteiger partial charge in [0.25, 0.3) is 0 Å². The number of carbonyl (C=O) groups excluding carboxylic acids is 1. The second kappa shape index (κ2) is 6.81. The molecule has 0 bridgehead atoms. The number of hydrogen-bond donors (Lipinski definition) is 1. The Hall–Kier alpha value is -4.00. The zero-order valence-electron chi connectivity index (χ0n) is 16.5. The molecule has 5 rings (SSSR count). The molecule has 0 spiro atoms. The van der Waals surface area contributed by atoms with Crippen molar-refractivity contribution in [3.8, 4) is 17.3 Å². The van der Waals surface area contributed by atoms with Gasteiger partial charge >= 0.3 is 0 Å². The molecule has 0 fully saturated rings. The summed E-state index contributed by atoms with van der Waals surface area (Å²) in [5.74, 6) is 1.06. The molecule has 148 valence electrons. The zero-order chi connectivity index (χ0) is 20.8. The van der Waals surface area contributed by atoms with Crippen molar-refractivity contribution in [2.75, 3.05) is 5.73 Å². The summed E-state index contributed by atoms with van der Waals surface area (Å²) in [6.07, 6.45) is 1.57. The summed E-state index contributed by atoms with van der Waals surface area (Å²) < 4.78 is 7.56. The zero-order valence-corrected chi connectivity index (χ0v) is 16.5. The Morgan fingerprint density at radius 1 is 1.10 bits per heavy atom. The predicted octanol–water partition coefficient (Wildman–Crippen LogP) is 3.76. The maximum Gasteiger partial charge on any atom is 0.228 e. The number of rotatable bonds is 3. The first-order valence-electron chi connectivity index (χ1n) is 9.59. The van der Waals surface area contributed by atoms with Crippen LogP contribution in [-0.4, -0.2) is 25.4 Å². The van der Waals surface area contributed by atoms with Crippen LogP contribution >= 0.6 is 0 Å². The van der Waals surface area contributed by atoms with Crippen LogP contribution in [0.3, 0.4) is 0 Å². The van der Waals surface area contributed by atoms with Gasteiger partial charge in [-0.1, -0.05) is 42.5 Å². The van der Waals surface area contributed by atoms with Crippen molar-refractivity contribution >= 4 is 17.1 Å². The van der Waals surface area contributed by atoms with Gasteiger partial charge in [-0.15, -0.1) is 5.10 Å². The number of nitrogens with two attached hydrogens (primary N) is 1. The van der Waals surface area contributed by atoms with Crippen LogP contribution in [0.5, 0.6) is 5.88 Å². The molecule has 7 heteroatoms. The first-order chi connectivity index (χ1) is 14.5. The minimum absolute atomic E-state index is 0.0546. The molecule has 0 saturated carbocycles. The summed E-state index contributed by atoms with van der Waals surface area (Å²) in [6.45, 7) is 3.35. The lowest BCUT2D eigenvalue weighted by Crippen LogP contribution is -2.22. The Labute approximate surface area is 172 Å². The molecule has 1 aliphatic heterocycles. The Balaban J connectivity index is 1.79. The van der Waals surface area contributed by atoms with E-state index in [4.69, 9.17) is 15.5 Å². The fraction of sp³-hybridized carbons (Fsp3) is 0.130. The van der Waals surface area contributed by atoms with Crippen LogP contribution in [-0.2, 0) is 4.79 Å². The van der Waals surface area contributed by atoms with Gasteiger partial charge in [0.1, 0.15) is 12.1 Å². The van der Waals surface area contributed by atoms with Crippen molar-refractivity contribution in [2.24, 2.45) is 0 Å². The summed E-state index contributed by atoms with van der Waals surface area (Å²) >= 11 is 0. The molecule has 1 atom stereocenters. The molecule has 0 aliphatic carbocycles. The SMILES string of the molecule is CC(=O)C1=C(C)Oc2ncn3nc(-c4ccccc4N)nc3c2C1c1ccccc1. The molecule has 2 N–H and O–H groups in total. The molecule has 1 aliphatic rings. The first kappa shape index (κ1) is 18.1. The van der Waals surface area contributed by atoms with Crippen molar-refractivity contribution in [3.05, 3.63) is 83.4 Å². The highest BCUT2D eigenvalue weighted by Gasteiger charge is 2.35. The summed E-state index contributed by atoms with van der Waals surface area (Å²) in [7, 11) is 0. The van der Waals surface area contributed by atoms with Gasteiger partial charge in [0.05, 0.1) is 5.56 Å².